The summed E-state index contributed by atoms with van der Waals surface area (Å²) < 4.78 is 0. The van der Waals surface area contributed by atoms with Crippen molar-refractivity contribution in [2.45, 2.75) is 38.6 Å². The second kappa shape index (κ2) is 9.56. The van der Waals surface area contributed by atoms with Gasteiger partial charge in [-0.15, -0.1) is 11.3 Å². The molecular weight excluding hydrogens is 464 g/mol. The van der Waals surface area contributed by atoms with Crippen LogP contribution in [0.3, 0.4) is 0 Å². The molecule has 2 aliphatic rings. The van der Waals surface area contributed by atoms with Crippen LogP contribution in [-0.4, -0.2) is 33.8 Å². The van der Waals surface area contributed by atoms with Crippen LogP contribution in [0.25, 0.3) is 0 Å². The number of amidine groups is 2. The number of hydrogen-bond acceptors (Lipinski definition) is 6. The number of thiophene rings is 1. The van der Waals surface area contributed by atoms with Crippen LogP contribution in [0.5, 0.6) is 0 Å². The van der Waals surface area contributed by atoms with Crippen LogP contribution in [-0.2, 0) is 21.9 Å². The topological polar surface area (TPSA) is 74.1 Å². The molecule has 172 valence electrons. The molecule has 2 aliphatic heterocycles. The third-order valence-corrected chi connectivity index (χ3v) is 7.76. The Hall–Kier alpha value is -3.23. The zero-order valence-corrected chi connectivity index (χ0v) is 20.6. The fourth-order valence-corrected chi connectivity index (χ4v) is 5.87. The molecule has 2 aromatic carbocycles. The van der Waals surface area contributed by atoms with Crippen molar-refractivity contribution in [3.05, 3.63) is 87.1 Å². The molecule has 1 unspecified atom stereocenters. The lowest BCUT2D eigenvalue weighted by Crippen LogP contribution is -2.45. The summed E-state index contributed by atoms with van der Waals surface area (Å²) in [6, 6.07) is 17.3. The Morgan fingerprint density at radius 3 is 2.76 bits per heavy atom. The van der Waals surface area contributed by atoms with Crippen molar-refractivity contribution in [3.63, 3.8) is 0 Å². The average Bonchev–Trinajstić information content (AvgIpc) is 3.45. The highest BCUT2D eigenvalue weighted by Crippen LogP contribution is 2.36. The van der Waals surface area contributed by atoms with Crippen LogP contribution in [0.15, 0.2) is 70.0 Å². The normalized spacial score (nSPS) is 16.6. The van der Waals surface area contributed by atoms with Crippen LogP contribution >= 0.6 is 23.1 Å². The van der Waals surface area contributed by atoms with E-state index in [1.54, 1.807) is 23.1 Å². The second-order valence-corrected chi connectivity index (χ2v) is 10.3. The molecule has 1 aromatic heterocycles. The largest absolute Gasteiger partial charge is 0.351 e. The number of carbonyl (C=O) groups is 2. The number of nitrogens with zero attached hydrogens (tertiary/aromatic N) is 3. The van der Waals surface area contributed by atoms with Gasteiger partial charge in [0.2, 0.25) is 5.91 Å². The van der Waals surface area contributed by atoms with Crippen molar-refractivity contribution < 1.29 is 9.59 Å². The number of nitrogens with one attached hydrogen (secondary N) is 1. The van der Waals surface area contributed by atoms with Gasteiger partial charge < -0.3 is 5.32 Å². The second-order valence-electron chi connectivity index (χ2n) is 8.35. The van der Waals surface area contributed by atoms with Crippen LogP contribution < -0.4 is 5.32 Å². The minimum Gasteiger partial charge on any atom is -0.351 e. The summed E-state index contributed by atoms with van der Waals surface area (Å²) >= 11 is 3.16. The molecule has 0 aliphatic carbocycles. The Morgan fingerprint density at radius 1 is 1.12 bits per heavy atom. The summed E-state index contributed by atoms with van der Waals surface area (Å²) in [7, 11) is 0. The number of para-hydroxylation sites is 1. The summed E-state index contributed by atoms with van der Waals surface area (Å²) in [5.41, 5.74) is 5.26. The first-order chi connectivity index (χ1) is 16.5. The summed E-state index contributed by atoms with van der Waals surface area (Å²) in [5.74, 6) is 0.802. The van der Waals surface area contributed by atoms with E-state index in [4.69, 9.17) is 4.99 Å². The quantitative estimate of drug-likeness (QED) is 0.532. The van der Waals surface area contributed by atoms with Gasteiger partial charge in [-0.05, 0) is 48.6 Å². The minimum absolute atomic E-state index is 0.0303. The van der Waals surface area contributed by atoms with Gasteiger partial charge in [-0.1, -0.05) is 53.7 Å². The molecule has 0 radical (unpaired) electrons. The highest BCUT2D eigenvalue weighted by molar-refractivity contribution is 8.13. The molecule has 0 saturated heterocycles. The first kappa shape index (κ1) is 22.6. The fourth-order valence-electron chi connectivity index (χ4n) is 4.10. The molecule has 1 atom stereocenters. The summed E-state index contributed by atoms with van der Waals surface area (Å²) in [4.78, 5) is 37.9. The van der Waals surface area contributed by atoms with Crippen molar-refractivity contribution >= 4 is 51.6 Å². The van der Waals surface area contributed by atoms with Crippen molar-refractivity contribution in [2.24, 2.45) is 9.98 Å². The smallest absolute Gasteiger partial charge is 0.271 e. The lowest BCUT2D eigenvalue weighted by molar-refractivity contribution is -0.126. The van der Waals surface area contributed by atoms with E-state index in [0.29, 0.717) is 23.3 Å². The van der Waals surface area contributed by atoms with Crippen LogP contribution in [0, 0.1) is 13.8 Å². The van der Waals surface area contributed by atoms with Crippen LogP contribution in [0.1, 0.15) is 33.6 Å². The van der Waals surface area contributed by atoms with Gasteiger partial charge in [-0.25, -0.2) is 4.99 Å². The zero-order chi connectivity index (χ0) is 23.7. The lowest BCUT2D eigenvalue weighted by Gasteiger charge is -2.31. The Balaban J connectivity index is 1.39. The zero-order valence-electron chi connectivity index (χ0n) is 18.9. The Bertz CT molecular complexity index is 1310. The van der Waals surface area contributed by atoms with Gasteiger partial charge in [0.15, 0.2) is 5.17 Å². The predicted octanol–water partition coefficient (Wildman–Crippen LogP) is 4.96. The number of thioether (sulfide) groups is 1. The Labute approximate surface area is 206 Å². The maximum atomic E-state index is 13.0. The van der Waals surface area contributed by atoms with Gasteiger partial charge in [-0.3, -0.25) is 14.5 Å². The van der Waals surface area contributed by atoms with Gasteiger partial charge in [-0.2, -0.15) is 4.99 Å². The SMILES string of the molecule is Cc1ccc(CSC2=Nc3ccccc3C3=NC(=O)C(CC(=O)NCc4cccs4)N23)c(C)c1. The molecule has 1 N–H and O–H groups in total. The maximum absolute atomic E-state index is 13.0. The molecule has 0 saturated carbocycles. The fraction of sp³-hybridized carbons (Fsp3) is 0.231. The summed E-state index contributed by atoms with van der Waals surface area (Å²) in [6.45, 7) is 4.64. The van der Waals surface area contributed by atoms with E-state index in [9.17, 15) is 9.59 Å². The standard InChI is InChI=1S/C26H24N4O2S2/c1-16-9-10-18(17(2)12-16)15-34-26-28-21-8-4-3-7-20(21)24-29-25(32)22(30(24)26)13-23(31)27-14-19-6-5-11-33-19/h3-12,22H,13-15H2,1-2H3,(H,27,31). The molecule has 0 fully saturated rings. The van der Waals surface area contributed by atoms with Gasteiger partial charge in [0.25, 0.3) is 5.91 Å². The molecule has 0 bridgehead atoms. The third-order valence-electron chi connectivity index (χ3n) is 5.88. The molecule has 3 heterocycles. The van der Waals surface area contributed by atoms with Crippen molar-refractivity contribution in [2.75, 3.05) is 0 Å². The number of hydrogen-bond donors (Lipinski definition) is 1. The molecule has 5 rings (SSSR count). The first-order valence-corrected chi connectivity index (χ1v) is 12.9. The van der Waals surface area contributed by atoms with E-state index < -0.39 is 6.04 Å². The maximum Gasteiger partial charge on any atom is 0.271 e. The van der Waals surface area contributed by atoms with Gasteiger partial charge in [0.05, 0.1) is 18.7 Å². The van der Waals surface area contributed by atoms with Crippen molar-refractivity contribution in [1.29, 1.82) is 0 Å². The number of fused-ring (bicyclic) bond motifs is 3. The third kappa shape index (κ3) is 4.56. The van der Waals surface area contributed by atoms with Gasteiger partial charge in [0.1, 0.15) is 11.9 Å². The molecule has 6 nitrogen and oxygen atoms in total. The first-order valence-electron chi connectivity index (χ1n) is 11.1. The van der Waals surface area contributed by atoms with Gasteiger partial charge in [0, 0.05) is 16.2 Å². The van der Waals surface area contributed by atoms with E-state index in [1.165, 1.54) is 16.7 Å². The number of carbonyl (C=O) groups excluding carboxylic acids is 2. The molecule has 8 heteroatoms. The minimum atomic E-state index is -0.697. The van der Waals surface area contributed by atoms with Gasteiger partial charge >= 0.3 is 0 Å². The van der Waals surface area contributed by atoms with Crippen LogP contribution in [0.4, 0.5) is 5.69 Å². The molecule has 2 amide bonds. The summed E-state index contributed by atoms with van der Waals surface area (Å²) in [6.07, 6.45) is 0.0303. The number of rotatable bonds is 6. The highest BCUT2D eigenvalue weighted by Gasteiger charge is 2.42. The monoisotopic (exact) mass is 488 g/mol. The molecule has 0 spiro atoms. The molecule has 3 aromatic rings. The number of benzene rings is 2. The Morgan fingerprint density at radius 2 is 1.97 bits per heavy atom. The predicted molar refractivity (Wildman–Crippen MR) is 139 cm³/mol. The average molecular weight is 489 g/mol. The van der Waals surface area contributed by atoms with E-state index in [-0.39, 0.29) is 18.2 Å². The number of aliphatic imine (C=N–C) groups is 2. The van der Waals surface area contributed by atoms with E-state index in [1.807, 2.05) is 46.7 Å². The van der Waals surface area contributed by atoms with Crippen LogP contribution in [0.2, 0.25) is 0 Å². The Kier molecular flexibility index (Phi) is 6.34. The number of aryl methyl sites for hydroxylation is 2. The molecular formula is C26H24N4O2S2. The van der Waals surface area contributed by atoms with E-state index >= 15 is 0 Å². The number of amides is 2. The lowest BCUT2D eigenvalue weighted by atomic mass is 10.1. The van der Waals surface area contributed by atoms with E-state index in [2.05, 4.69) is 42.4 Å². The highest BCUT2D eigenvalue weighted by atomic mass is 32.2. The van der Waals surface area contributed by atoms with E-state index in [0.717, 1.165) is 16.1 Å². The molecule has 34 heavy (non-hydrogen) atoms. The van der Waals surface area contributed by atoms with Crippen molar-refractivity contribution in [1.82, 2.24) is 10.2 Å². The summed E-state index contributed by atoms with van der Waals surface area (Å²) in [5, 5.41) is 5.60. The van der Waals surface area contributed by atoms with Crippen molar-refractivity contribution in [3.8, 4) is 0 Å².